The summed E-state index contributed by atoms with van der Waals surface area (Å²) < 4.78 is 14.2. The van der Waals surface area contributed by atoms with Crippen molar-refractivity contribution in [2.45, 2.75) is 20.3 Å². The first-order chi connectivity index (χ1) is 4.68. The fraction of sp³-hybridized carbons (Fsp3) is 0.500. The number of carbonyl (C=O) groups is 1. The van der Waals surface area contributed by atoms with Gasteiger partial charge in [0, 0.05) is 6.92 Å². The van der Waals surface area contributed by atoms with Crippen LogP contribution in [0.1, 0.15) is 13.8 Å². The Morgan fingerprint density at radius 3 is 2.90 bits per heavy atom. The SMILES string of the molecule is CC(=O)OC1OC=C(C)O1. The summed E-state index contributed by atoms with van der Waals surface area (Å²) in [5, 5.41) is 0. The monoisotopic (exact) mass is 144 g/mol. The Morgan fingerprint density at radius 1 is 1.80 bits per heavy atom. The van der Waals surface area contributed by atoms with Crippen molar-refractivity contribution in [1.29, 1.82) is 0 Å². The first kappa shape index (κ1) is 6.92. The van der Waals surface area contributed by atoms with Crippen molar-refractivity contribution < 1.29 is 19.0 Å². The molecule has 4 heteroatoms. The minimum absolute atomic E-state index is 0.423. The van der Waals surface area contributed by atoms with Gasteiger partial charge in [-0.05, 0) is 6.92 Å². The molecule has 10 heavy (non-hydrogen) atoms. The lowest BCUT2D eigenvalue weighted by atomic mass is 10.7. The maximum Gasteiger partial charge on any atom is 0.408 e. The number of hydrogen-bond acceptors (Lipinski definition) is 4. The van der Waals surface area contributed by atoms with Crippen LogP contribution in [0.5, 0.6) is 0 Å². The van der Waals surface area contributed by atoms with Gasteiger partial charge in [0.2, 0.25) is 0 Å². The first-order valence-electron chi connectivity index (χ1n) is 2.84. The van der Waals surface area contributed by atoms with Crippen LogP contribution in [0.3, 0.4) is 0 Å². The number of hydrogen-bond donors (Lipinski definition) is 0. The standard InChI is InChI=1S/C6H8O4/c1-4-3-8-6(9-4)10-5(2)7/h3,6H,1-2H3. The summed E-state index contributed by atoms with van der Waals surface area (Å²) in [7, 11) is 0. The van der Waals surface area contributed by atoms with E-state index in [1.807, 2.05) is 0 Å². The molecule has 1 heterocycles. The summed E-state index contributed by atoms with van der Waals surface area (Å²) in [6.07, 6.45) is 1.40. The molecule has 1 unspecified atom stereocenters. The van der Waals surface area contributed by atoms with Crippen LogP contribution in [0.15, 0.2) is 12.0 Å². The van der Waals surface area contributed by atoms with Crippen molar-refractivity contribution in [2.75, 3.05) is 0 Å². The summed E-state index contributed by atoms with van der Waals surface area (Å²) in [5.41, 5.74) is 0. The van der Waals surface area contributed by atoms with Crippen LogP contribution in [0.2, 0.25) is 0 Å². The van der Waals surface area contributed by atoms with E-state index in [1.165, 1.54) is 13.2 Å². The lowest BCUT2D eigenvalue weighted by Crippen LogP contribution is -2.16. The molecule has 0 aromatic carbocycles. The smallest absolute Gasteiger partial charge is 0.408 e. The molecule has 0 radical (unpaired) electrons. The highest BCUT2D eigenvalue weighted by atomic mass is 16.9. The lowest BCUT2D eigenvalue weighted by molar-refractivity contribution is -0.220. The van der Waals surface area contributed by atoms with E-state index in [0.29, 0.717) is 5.76 Å². The highest BCUT2D eigenvalue weighted by Crippen LogP contribution is 2.13. The Labute approximate surface area is 58.4 Å². The van der Waals surface area contributed by atoms with Gasteiger partial charge >= 0.3 is 12.4 Å². The van der Waals surface area contributed by atoms with Crippen LogP contribution in [0.25, 0.3) is 0 Å². The predicted octanol–water partition coefficient (Wildman–Crippen LogP) is 0.741. The van der Waals surface area contributed by atoms with E-state index in [-0.39, 0.29) is 0 Å². The molecule has 0 saturated carbocycles. The maximum absolute atomic E-state index is 10.3. The van der Waals surface area contributed by atoms with Crippen molar-refractivity contribution >= 4 is 5.97 Å². The van der Waals surface area contributed by atoms with Crippen LogP contribution in [0.4, 0.5) is 0 Å². The third-order valence-electron chi connectivity index (χ3n) is 0.889. The van der Waals surface area contributed by atoms with Crippen molar-refractivity contribution in [3.8, 4) is 0 Å². The lowest BCUT2D eigenvalue weighted by Gasteiger charge is -2.08. The molecule has 56 valence electrons. The highest BCUT2D eigenvalue weighted by molar-refractivity contribution is 5.65. The summed E-state index contributed by atoms with van der Waals surface area (Å²) in [6.45, 7) is 2.13. The van der Waals surface area contributed by atoms with Crippen LogP contribution in [0, 0.1) is 0 Å². The summed E-state index contributed by atoms with van der Waals surface area (Å²) in [6, 6.07) is 0. The quantitative estimate of drug-likeness (QED) is 0.509. The predicted molar refractivity (Wildman–Crippen MR) is 31.5 cm³/mol. The van der Waals surface area contributed by atoms with Crippen molar-refractivity contribution in [1.82, 2.24) is 0 Å². The molecule has 0 aliphatic carbocycles. The largest absolute Gasteiger partial charge is 0.427 e. The van der Waals surface area contributed by atoms with Gasteiger partial charge in [-0.2, -0.15) is 0 Å². The van der Waals surface area contributed by atoms with E-state index in [9.17, 15) is 4.79 Å². The van der Waals surface area contributed by atoms with Crippen LogP contribution < -0.4 is 0 Å². The maximum atomic E-state index is 10.3. The first-order valence-corrected chi connectivity index (χ1v) is 2.84. The molecule has 0 bridgehead atoms. The minimum Gasteiger partial charge on any atom is -0.427 e. The highest BCUT2D eigenvalue weighted by Gasteiger charge is 2.18. The van der Waals surface area contributed by atoms with Gasteiger partial charge in [0.1, 0.15) is 12.0 Å². The molecular weight excluding hydrogens is 136 g/mol. The van der Waals surface area contributed by atoms with Crippen molar-refractivity contribution in [3.05, 3.63) is 12.0 Å². The molecule has 1 rings (SSSR count). The molecule has 1 aliphatic heterocycles. The molecule has 1 aliphatic rings. The van der Waals surface area contributed by atoms with Gasteiger partial charge in [-0.3, -0.25) is 4.79 Å². The molecule has 1 atom stereocenters. The average Bonchev–Trinajstić information content (AvgIpc) is 2.13. The van der Waals surface area contributed by atoms with Crippen LogP contribution in [-0.2, 0) is 19.0 Å². The van der Waals surface area contributed by atoms with Gasteiger partial charge in [-0.25, -0.2) is 0 Å². The van der Waals surface area contributed by atoms with Crippen molar-refractivity contribution in [3.63, 3.8) is 0 Å². The normalized spacial score (nSPS) is 22.6. The minimum atomic E-state index is -0.877. The zero-order chi connectivity index (χ0) is 7.56. The topological polar surface area (TPSA) is 44.8 Å². The third kappa shape index (κ3) is 1.65. The van der Waals surface area contributed by atoms with Gasteiger partial charge in [-0.1, -0.05) is 0 Å². The number of carbonyl (C=O) groups excluding carboxylic acids is 1. The van der Waals surface area contributed by atoms with Crippen LogP contribution in [-0.4, -0.2) is 12.4 Å². The Bertz CT molecular complexity index is 173. The number of allylic oxidation sites excluding steroid dienone is 1. The van der Waals surface area contributed by atoms with E-state index in [0.717, 1.165) is 0 Å². The zero-order valence-electron chi connectivity index (χ0n) is 5.79. The van der Waals surface area contributed by atoms with Gasteiger partial charge in [0.25, 0.3) is 0 Å². The molecule has 0 N–H and O–H groups in total. The molecule has 0 aromatic heterocycles. The van der Waals surface area contributed by atoms with E-state index >= 15 is 0 Å². The zero-order valence-corrected chi connectivity index (χ0v) is 5.79. The molecule has 4 nitrogen and oxygen atoms in total. The van der Waals surface area contributed by atoms with E-state index in [2.05, 4.69) is 4.74 Å². The molecule has 0 aromatic rings. The second-order valence-corrected chi connectivity index (χ2v) is 1.88. The Kier molecular flexibility index (Phi) is 1.80. The van der Waals surface area contributed by atoms with Gasteiger partial charge in [0.15, 0.2) is 0 Å². The van der Waals surface area contributed by atoms with E-state index in [4.69, 9.17) is 9.47 Å². The van der Waals surface area contributed by atoms with Gasteiger partial charge in [0.05, 0.1) is 0 Å². The number of esters is 1. The van der Waals surface area contributed by atoms with Gasteiger partial charge in [-0.15, -0.1) is 0 Å². The summed E-state index contributed by atoms with van der Waals surface area (Å²) in [5.74, 6) is 0.180. The van der Waals surface area contributed by atoms with Crippen molar-refractivity contribution in [2.24, 2.45) is 0 Å². The van der Waals surface area contributed by atoms with Crippen LogP contribution >= 0.6 is 0 Å². The molecule has 0 saturated heterocycles. The van der Waals surface area contributed by atoms with Gasteiger partial charge < -0.3 is 14.2 Å². The summed E-state index contributed by atoms with van der Waals surface area (Å²) >= 11 is 0. The Hall–Kier alpha value is -1.19. The average molecular weight is 144 g/mol. The second-order valence-electron chi connectivity index (χ2n) is 1.88. The molecular formula is C6H8O4. The molecule has 0 spiro atoms. The second kappa shape index (κ2) is 2.60. The Morgan fingerprint density at radius 2 is 2.50 bits per heavy atom. The molecule has 0 amide bonds. The summed E-state index contributed by atoms with van der Waals surface area (Å²) in [4.78, 5) is 10.3. The Balaban J connectivity index is 2.29. The fourth-order valence-corrected chi connectivity index (χ4v) is 0.546. The third-order valence-corrected chi connectivity index (χ3v) is 0.889. The number of rotatable bonds is 1. The van der Waals surface area contributed by atoms with E-state index < -0.39 is 12.4 Å². The number of ether oxygens (including phenoxy) is 3. The molecule has 0 fully saturated rings. The fourth-order valence-electron chi connectivity index (χ4n) is 0.546. The van der Waals surface area contributed by atoms with E-state index in [1.54, 1.807) is 6.92 Å².